The van der Waals surface area contributed by atoms with Gasteiger partial charge in [-0.1, -0.05) is 6.42 Å². The zero-order valence-electron chi connectivity index (χ0n) is 11.9. The summed E-state index contributed by atoms with van der Waals surface area (Å²) in [6.45, 7) is 5.34. The molecule has 3 heterocycles. The molecule has 3 aliphatic rings. The lowest BCUT2D eigenvalue weighted by molar-refractivity contribution is 0.0974. The van der Waals surface area contributed by atoms with Crippen molar-refractivity contribution in [1.29, 1.82) is 0 Å². The van der Waals surface area contributed by atoms with Crippen LogP contribution in [0.5, 0.6) is 0 Å². The molecule has 3 saturated heterocycles. The molecule has 0 aliphatic carbocycles. The minimum atomic E-state index is 0.786. The summed E-state index contributed by atoms with van der Waals surface area (Å²) in [5, 5.41) is 3.49. The molecule has 2 bridgehead atoms. The van der Waals surface area contributed by atoms with Gasteiger partial charge in [0, 0.05) is 31.2 Å². The van der Waals surface area contributed by atoms with E-state index < -0.39 is 0 Å². The third-order valence-electron chi connectivity index (χ3n) is 5.42. The first kappa shape index (κ1) is 12.9. The minimum Gasteiger partial charge on any atom is -0.317 e. The second-order valence-corrected chi connectivity index (χ2v) is 6.48. The van der Waals surface area contributed by atoms with Crippen molar-refractivity contribution in [3.05, 3.63) is 0 Å². The quantitative estimate of drug-likeness (QED) is 0.820. The summed E-state index contributed by atoms with van der Waals surface area (Å²) < 4.78 is 0. The largest absolute Gasteiger partial charge is 0.317 e. The van der Waals surface area contributed by atoms with Gasteiger partial charge >= 0.3 is 0 Å². The Bertz CT molecular complexity index is 248. The molecule has 2 unspecified atom stereocenters. The number of fused-ring (bicyclic) bond motifs is 2. The molecule has 3 rings (SSSR count). The van der Waals surface area contributed by atoms with Gasteiger partial charge in [0.05, 0.1) is 0 Å². The summed E-state index contributed by atoms with van der Waals surface area (Å²) in [7, 11) is 2.13. The molecule has 3 nitrogen and oxygen atoms in total. The summed E-state index contributed by atoms with van der Waals surface area (Å²) in [4.78, 5) is 5.52. The summed E-state index contributed by atoms with van der Waals surface area (Å²) in [6, 6.07) is 2.55. The van der Waals surface area contributed by atoms with Gasteiger partial charge in [0.25, 0.3) is 0 Å². The Hall–Kier alpha value is -0.120. The number of nitrogens with zero attached hydrogens (tertiary/aromatic N) is 2. The van der Waals surface area contributed by atoms with Crippen LogP contribution in [0.2, 0.25) is 0 Å². The minimum absolute atomic E-state index is 0.786. The average Bonchev–Trinajstić information content (AvgIpc) is 2.66. The van der Waals surface area contributed by atoms with Crippen molar-refractivity contribution in [2.75, 3.05) is 33.2 Å². The van der Waals surface area contributed by atoms with E-state index in [1.807, 2.05) is 0 Å². The van der Waals surface area contributed by atoms with Crippen LogP contribution in [0.1, 0.15) is 44.9 Å². The Balaban J connectivity index is 1.48. The zero-order valence-corrected chi connectivity index (χ0v) is 11.9. The first-order valence-corrected chi connectivity index (χ1v) is 8.02. The van der Waals surface area contributed by atoms with E-state index in [1.165, 1.54) is 71.1 Å². The molecule has 0 aromatic rings. The van der Waals surface area contributed by atoms with E-state index in [9.17, 15) is 0 Å². The maximum atomic E-state index is 3.49. The monoisotopic (exact) mass is 251 g/mol. The standard InChI is InChI=1S/C15H29N3/c1-16-13-11-14-5-6-15(12-13)18(14)10-9-17-7-3-2-4-8-17/h13-16H,2-12H2,1H3. The fourth-order valence-electron chi connectivity index (χ4n) is 4.31. The van der Waals surface area contributed by atoms with Gasteiger partial charge in [0.15, 0.2) is 0 Å². The fourth-order valence-corrected chi connectivity index (χ4v) is 4.31. The van der Waals surface area contributed by atoms with Gasteiger partial charge in [0.1, 0.15) is 0 Å². The molecule has 104 valence electrons. The normalized spacial score (nSPS) is 38.2. The maximum absolute atomic E-state index is 3.49. The first-order valence-electron chi connectivity index (χ1n) is 8.02. The van der Waals surface area contributed by atoms with E-state index in [0.29, 0.717) is 0 Å². The van der Waals surface area contributed by atoms with Gasteiger partial charge in [-0.2, -0.15) is 0 Å². The Morgan fingerprint density at radius 3 is 2.22 bits per heavy atom. The van der Waals surface area contributed by atoms with Crippen molar-refractivity contribution in [3.8, 4) is 0 Å². The SMILES string of the molecule is CNC1CC2CCC(C1)N2CCN1CCCCC1. The van der Waals surface area contributed by atoms with E-state index in [0.717, 1.165) is 18.1 Å². The molecule has 3 fully saturated rings. The summed E-state index contributed by atoms with van der Waals surface area (Å²) >= 11 is 0. The summed E-state index contributed by atoms with van der Waals surface area (Å²) in [5.41, 5.74) is 0. The van der Waals surface area contributed by atoms with Crippen molar-refractivity contribution in [3.63, 3.8) is 0 Å². The number of nitrogens with one attached hydrogen (secondary N) is 1. The van der Waals surface area contributed by atoms with Crippen LogP contribution in [-0.4, -0.2) is 61.2 Å². The molecule has 1 N–H and O–H groups in total. The van der Waals surface area contributed by atoms with Crippen LogP contribution in [-0.2, 0) is 0 Å². The van der Waals surface area contributed by atoms with Crippen LogP contribution in [0, 0.1) is 0 Å². The second-order valence-electron chi connectivity index (χ2n) is 6.48. The van der Waals surface area contributed by atoms with Crippen LogP contribution < -0.4 is 5.32 Å². The second kappa shape index (κ2) is 5.89. The van der Waals surface area contributed by atoms with Crippen LogP contribution in [0.4, 0.5) is 0 Å². The van der Waals surface area contributed by atoms with Gasteiger partial charge in [-0.05, 0) is 58.7 Å². The van der Waals surface area contributed by atoms with Crippen LogP contribution in [0.15, 0.2) is 0 Å². The van der Waals surface area contributed by atoms with E-state index in [4.69, 9.17) is 0 Å². The molecule has 3 aliphatic heterocycles. The highest BCUT2D eigenvalue weighted by Gasteiger charge is 2.39. The molecule has 0 amide bonds. The highest BCUT2D eigenvalue weighted by Crippen LogP contribution is 2.35. The average molecular weight is 251 g/mol. The molecule has 0 radical (unpaired) electrons. The highest BCUT2D eigenvalue weighted by atomic mass is 15.3. The van der Waals surface area contributed by atoms with Crippen LogP contribution in [0.3, 0.4) is 0 Å². The summed E-state index contributed by atoms with van der Waals surface area (Å²) in [5.74, 6) is 0. The highest BCUT2D eigenvalue weighted by molar-refractivity contribution is 4.97. The molecule has 0 saturated carbocycles. The number of hydrogen-bond donors (Lipinski definition) is 1. The Morgan fingerprint density at radius 2 is 1.61 bits per heavy atom. The first-order chi connectivity index (χ1) is 8.86. The Morgan fingerprint density at radius 1 is 0.944 bits per heavy atom. The van der Waals surface area contributed by atoms with Gasteiger partial charge in [-0.25, -0.2) is 0 Å². The van der Waals surface area contributed by atoms with Crippen molar-refractivity contribution in [2.24, 2.45) is 0 Å². The molecule has 0 spiro atoms. The lowest BCUT2D eigenvalue weighted by atomic mass is 9.97. The number of piperidine rings is 2. The van der Waals surface area contributed by atoms with Crippen molar-refractivity contribution in [1.82, 2.24) is 15.1 Å². The molecule has 3 heteroatoms. The van der Waals surface area contributed by atoms with Crippen molar-refractivity contribution >= 4 is 0 Å². The number of hydrogen-bond acceptors (Lipinski definition) is 3. The molecule has 0 aromatic carbocycles. The fraction of sp³-hybridized carbons (Fsp3) is 1.00. The van der Waals surface area contributed by atoms with Gasteiger partial charge in [-0.3, -0.25) is 4.90 Å². The van der Waals surface area contributed by atoms with E-state index in [2.05, 4.69) is 22.2 Å². The zero-order chi connectivity index (χ0) is 12.4. The van der Waals surface area contributed by atoms with Crippen LogP contribution >= 0.6 is 0 Å². The van der Waals surface area contributed by atoms with E-state index in [-0.39, 0.29) is 0 Å². The molecule has 18 heavy (non-hydrogen) atoms. The van der Waals surface area contributed by atoms with Gasteiger partial charge in [0.2, 0.25) is 0 Å². The molecule has 0 aromatic heterocycles. The van der Waals surface area contributed by atoms with Crippen molar-refractivity contribution < 1.29 is 0 Å². The Kier molecular flexibility index (Phi) is 4.22. The Labute approximate surface area is 112 Å². The molecular weight excluding hydrogens is 222 g/mol. The topological polar surface area (TPSA) is 18.5 Å². The predicted octanol–water partition coefficient (Wildman–Crippen LogP) is 1.69. The van der Waals surface area contributed by atoms with Crippen LogP contribution in [0.25, 0.3) is 0 Å². The van der Waals surface area contributed by atoms with E-state index >= 15 is 0 Å². The third-order valence-corrected chi connectivity index (χ3v) is 5.42. The lowest BCUT2D eigenvalue weighted by Crippen LogP contribution is -2.50. The third kappa shape index (κ3) is 2.73. The smallest absolute Gasteiger partial charge is 0.0115 e. The lowest BCUT2D eigenvalue weighted by Gasteiger charge is -2.40. The number of rotatable bonds is 4. The van der Waals surface area contributed by atoms with Crippen molar-refractivity contribution in [2.45, 2.75) is 63.1 Å². The molecule has 2 atom stereocenters. The predicted molar refractivity (Wildman–Crippen MR) is 75.9 cm³/mol. The van der Waals surface area contributed by atoms with Gasteiger partial charge < -0.3 is 10.2 Å². The maximum Gasteiger partial charge on any atom is 0.0115 e. The van der Waals surface area contributed by atoms with Gasteiger partial charge in [-0.15, -0.1) is 0 Å². The molecular formula is C15H29N3. The number of likely N-dealkylation sites (tertiary alicyclic amines) is 1. The van der Waals surface area contributed by atoms with E-state index in [1.54, 1.807) is 0 Å². The summed E-state index contributed by atoms with van der Waals surface area (Å²) in [6.07, 6.45) is 9.96.